The van der Waals surface area contributed by atoms with Crippen LogP contribution in [0.5, 0.6) is 0 Å². The van der Waals surface area contributed by atoms with Crippen LogP contribution in [0.15, 0.2) is 24.8 Å². The molecule has 10 nitrogen and oxygen atoms in total. The summed E-state index contributed by atoms with van der Waals surface area (Å²) in [5.74, 6) is -0.615. The van der Waals surface area contributed by atoms with E-state index < -0.39 is 17.4 Å². The van der Waals surface area contributed by atoms with Crippen LogP contribution in [0.2, 0.25) is 0 Å². The van der Waals surface area contributed by atoms with Crippen molar-refractivity contribution < 1.29 is 9.59 Å². The Bertz CT molecular complexity index is 1190. The van der Waals surface area contributed by atoms with Crippen molar-refractivity contribution in [2.45, 2.75) is 39.8 Å². The fourth-order valence-electron chi connectivity index (χ4n) is 3.72. The van der Waals surface area contributed by atoms with Gasteiger partial charge in [0, 0.05) is 37.6 Å². The van der Waals surface area contributed by atoms with Crippen molar-refractivity contribution >= 4 is 23.0 Å². The monoisotopic (exact) mass is 420 g/mol. The second kappa shape index (κ2) is 7.83. The summed E-state index contributed by atoms with van der Waals surface area (Å²) in [7, 11) is 0. The minimum Gasteiger partial charge on any atom is -0.344 e. The fraction of sp³-hybridized carbons (Fsp3) is 0.429. The van der Waals surface area contributed by atoms with Crippen molar-refractivity contribution in [2.24, 2.45) is 5.41 Å². The molecule has 1 saturated heterocycles. The number of rotatable bonds is 5. The van der Waals surface area contributed by atoms with Gasteiger partial charge < -0.3 is 15.2 Å². The van der Waals surface area contributed by atoms with E-state index in [0.717, 1.165) is 12.1 Å². The number of nitrogens with one attached hydrogen (secondary N) is 2. The number of hydrogen-bond donors (Lipinski definition) is 2. The summed E-state index contributed by atoms with van der Waals surface area (Å²) in [4.78, 5) is 39.2. The molecule has 1 aliphatic rings. The summed E-state index contributed by atoms with van der Waals surface area (Å²) in [5.41, 5.74) is 2.11. The van der Waals surface area contributed by atoms with Crippen LogP contribution >= 0.6 is 0 Å². The standard InChI is InChI=1S/C21H24N8O2/c1-4-29-10-14(7-25-29)16-9-24-18-17(27-16)15(8-23-18)19(30)26-13(2)20(31)28-6-5-21(3,11-22)12-28/h7-10,13H,4-6,12H2,1-3H3,(H,23,24)(H,26,30)/t13-,21?/m1/s1. The van der Waals surface area contributed by atoms with Crippen LogP contribution in [-0.4, -0.2) is 60.6 Å². The van der Waals surface area contributed by atoms with Crippen molar-refractivity contribution in [1.29, 1.82) is 5.26 Å². The molecular formula is C21H24N8O2. The number of aromatic nitrogens is 5. The molecule has 2 atom stereocenters. The lowest BCUT2D eigenvalue weighted by atomic mass is 9.92. The van der Waals surface area contributed by atoms with Gasteiger partial charge in [-0.05, 0) is 27.2 Å². The maximum Gasteiger partial charge on any atom is 0.255 e. The Kier molecular flexibility index (Phi) is 5.19. The summed E-state index contributed by atoms with van der Waals surface area (Å²) in [5, 5.41) is 16.3. The van der Waals surface area contributed by atoms with Gasteiger partial charge in [0.05, 0.1) is 35.1 Å². The molecule has 0 aliphatic carbocycles. The van der Waals surface area contributed by atoms with E-state index in [-0.39, 0.29) is 5.91 Å². The molecule has 1 fully saturated rings. The maximum atomic E-state index is 12.9. The third kappa shape index (κ3) is 3.86. The van der Waals surface area contributed by atoms with E-state index in [0.29, 0.717) is 41.9 Å². The number of aromatic amines is 1. The van der Waals surface area contributed by atoms with Gasteiger partial charge in [-0.25, -0.2) is 9.97 Å². The number of aryl methyl sites for hydroxylation is 1. The van der Waals surface area contributed by atoms with Gasteiger partial charge in [-0.2, -0.15) is 10.4 Å². The Hall–Kier alpha value is -3.74. The van der Waals surface area contributed by atoms with Gasteiger partial charge in [0.15, 0.2) is 5.65 Å². The number of nitrogens with zero attached hydrogens (tertiary/aromatic N) is 6. The SMILES string of the molecule is CCn1cc(-c2cnc3[nH]cc(C(=O)N[C@H](C)C(=O)N4CCC(C)(C#N)C4)c3n2)cn1. The summed E-state index contributed by atoms with van der Waals surface area (Å²) < 4.78 is 1.79. The Balaban J connectivity index is 1.52. The number of amides is 2. The lowest BCUT2D eigenvalue weighted by Crippen LogP contribution is -2.46. The van der Waals surface area contributed by atoms with Gasteiger partial charge >= 0.3 is 0 Å². The molecule has 0 saturated carbocycles. The Labute approximate surface area is 179 Å². The van der Waals surface area contributed by atoms with Gasteiger partial charge in [0.1, 0.15) is 11.6 Å². The molecule has 0 radical (unpaired) electrons. The van der Waals surface area contributed by atoms with Gasteiger partial charge in [0.25, 0.3) is 5.91 Å². The normalized spacial score (nSPS) is 19.4. The molecule has 2 amide bonds. The van der Waals surface area contributed by atoms with Crippen LogP contribution < -0.4 is 5.32 Å². The number of H-pyrrole nitrogens is 1. The summed E-state index contributed by atoms with van der Waals surface area (Å²) in [6.07, 6.45) is 7.37. The Morgan fingerprint density at radius 3 is 2.90 bits per heavy atom. The van der Waals surface area contributed by atoms with E-state index in [9.17, 15) is 14.9 Å². The van der Waals surface area contributed by atoms with Gasteiger partial charge in [-0.15, -0.1) is 0 Å². The number of fused-ring (bicyclic) bond motifs is 1. The smallest absolute Gasteiger partial charge is 0.255 e. The summed E-state index contributed by atoms with van der Waals surface area (Å²) in [6.45, 7) is 7.10. The van der Waals surface area contributed by atoms with E-state index in [1.54, 1.807) is 35.1 Å². The number of likely N-dealkylation sites (tertiary alicyclic amines) is 1. The average molecular weight is 420 g/mol. The van der Waals surface area contributed by atoms with E-state index in [1.807, 2.05) is 20.0 Å². The maximum absolute atomic E-state index is 12.9. The minimum absolute atomic E-state index is 0.203. The lowest BCUT2D eigenvalue weighted by Gasteiger charge is -2.22. The van der Waals surface area contributed by atoms with Crippen molar-refractivity contribution in [1.82, 2.24) is 34.9 Å². The van der Waals surface area contributed by atoms with Crippen LogP contribution in [-0.2, 0) is 11.3 Å². The molecule has 1 aliphatic heterocycles. The zero-order chi connectivity index (χ0) is 22.2. The third-order valence-electron chi connectivity index (χ3n) is 5.65. The van der Waals surface area contributed by atoms with E-state index in [4.69, 9.17) is 0 Å². The predicted molar refractivity (Wildman–Crippen MR) is 113 cm³/mol. The first-order valence-electron chi connectivity index (χ1n) is 10.2. The van der Waals surface area contributed by atoms with Gasteiger partial charge in [0.2, 0.25) is 5.91 Å². The molecule has 10 heteroatoms. The largest absolute Gasteiger partial charge is 0.344 e. The summed E-state index contributed by atoms with van der Waals surface area (Å²) in [6, 6.07) is 1.54. The second-order valence-corrected chi connectivity index (χ2v) is 8.12. The molecule has 0 bridgehead atoms. The van der Waals surface area contributed by atoms with Crippen molar-refractivity contribution in [3.05, 3.63) is 30.4 Å². The first-order valence-corrected chi connectivity index (χ1v) is 10.2. The van der Waals surface area contributed by atoms with E-state index in [2.05, 4.69) is 31.4 Å². The van der Waals surface area contributed by atoms with E-state index in [1.165, 1.54) is 0 Å². The molecule has 3 aromatic heterocycles. The zero-order valence-corrected chi connectivity index (χ0v) is 17.7. The number of nitriles is 1. The Morgan fingerprint density at radius 2 is 2.23 bits per heavy atom. The highest BCUT2D eigenvalue weighted by atomic mass is 16.2. The molecule has 4 rings (SSSR count). The fourth-order valence-corrected chi connectivity index (χ4v) is 3.72. The predicted octanol–water partition coefficient (Wildman–Crippen LogP) is 1.72. The van der Waals surface area contributed by atoms with Crippen LogP contribution in [0.1, 0.15) is 37.6 Å². The molecule has 31 heavy (non-hydrogen) atoms. The first kappa shape index (κ1) is 20.5. The van der Waals surface area contributed by atoms with Gasteiger partial charge in [-0.1, -0.05) is 0 Å². The van der Waals surface area contributed by atoms with Crippen LogP contribution in [0, 0.1) is 16.7 Å². The highest BCUT2D eigenvalue weighted by molar-refractivity contribution is 6.06. The van der Waals surface area contributed by atoms with Crippen LogP contribution in [0.4, 0.5) is 0 Å². The Morgan fingerprint density at radius 1 is 1.42 bits per heavy atom. The summed E-state index contributed by atoms with van der Waals surface area (Å²) >= 11 is 0. The molecule has 4 heterocycles. The van der Waals surface area contributed by atoms with Crippen molar-refractivity contribution in [3.63, 3.8) is 0 Å². The van der Waals surface area contributed by atoms with Gasteiger partial charge in [-0.3, -0.25) is 14.3 Å². The quantitative estimate of drug-likeness (QED) is 0.646. The van der Waals surface area contributed by atoms with Crippen molar-refractivity contribution in [2.75, 3.05) is 13.1 Å². The number of hydrogen-bond acceptors (Lipinski definition) is 6. The minimum atomic E-state index is -0.725. The molecule has 160 valence electrons. The highest BCUT2D eigenvalue weighted by Crippen LogP contribution is 2.29. The molecule has 0 spiro atoms. The second-order valence-electron chi connectivity index (χ2n) is 8.12. The molecule has 3 aromatic rings. The topological polar surface area (TPSA) is 133 Å². The van der Waals surface area contributed by atoms with Crippen LogP contribution in [0.25, 0.3) is 22.4 Å². The molecular weight excluding hydrogens is 396 g/mol. The van der Waals surface area contributed by atoms with Crippen molar-refractivity contribution in [3.8, 4) is 17.3 Å². The zero-order valence-electron chi connectivity index (χ0n) is 17.7. The van der Waals surface area contributed by atoms with Crippen LogP contribution in [0.3, 0.4) is 0 Å². The first-order chi connectivity index (χ1) is 14.8. The molecule has 2 N–H and O–H groups in total. The molecule has 1 unspecified atom stereocenters. The lowest BCUT2D eigenvalue weighted by molar-refractivity contribution is -0.132. The van der Waals surface area contributed by atoms with E-state index >= 15 is 0 Å². The number of carbonyl (C=O) groups excluding carboxylic acids is 2. The molecule has 0 aromatic carbocycles. The third-order valence-corrected chi connectivity index (χ3v) is 5.65. The number of carbonyl (C=O) groups is 2. The average Bonchev–Trinajstić information content (AvgIpc) is 3.50. The highest BCUT2D eigenvalue weighted by Gasteiger charge is 2.37.